The number of carbonyl (C=O) groups is 1. The number of nitrogens with one attached hydrogen (secondary N) is 2. The SMILES string of the molecule is Cc1cnn(CC(=O)NC2CNC2)c1. The molecule has 2 heterocycles. The van der Waals surface area contributed by atoms with Crippen molar-refractivity contribution < 1.29 is 4.79 Å². The van der Waals surface area contributed by atoms with Crippen molar-refractivity contribution in [2.75, 3.05) is 13.1 Å². The summed E-state index contributed by atoms with van der Waals surface area (Å²) in [4.78, 5) is 11.4. The van der Waals surface area contributed by atoms with Gasteiger partial charge in [-0.25, -0.2) is 0 Å². The molecule has 5 heteroatoms. The second-order valence-electron chi connectivity index (χ2n) is 3.64. The molecule has 1 saturated heterocycles. The summed E-state index contributed by atoms with van der Waals surface area (Å²) in [6.07, 6.45) is 3.61. The molecule has 1 aliphatic rings. The van der Waals surface area contributed by atoms with Crippen molar-refractivity contribution in [2.45, 2.75) is 19.5 Å². The summed E-state index contributed by atoms with van der Waals surface area (Å²) in [7, 11) is 0. The van der Waals surface area contributed by atoms with Gasteiger partial charge in [-0.15, -0.1) is 0 Å². The standard InChI is InChI=1S/C9H14N4O/c1-7-2-11-13(5-7)6-9(14)12-8-3-10-4-8/h2,5,8,10H,3-4,6H2,1H3,(H,12,14). The number of hydrogen-bond donors (Lipinski definition) is 2. The Hall–Kier alpha value is -1.36. The van der Waals surface area contributed by atoms with E-state index in [0.717, 1.165) is 18.7 Å². The average Bonchev–Trinajstić information content (AvgIpc) is 2.44. The molecule has 76 valence electrons. The molecule has 1 amide bonds. The first-order valence-electron chi connectivity index (χ1n) is 4.73. The van der Waals surface area contributed by atoms with E-state index in [1.165, 1.54) is 0 Å². The molecule has 0 bridgehead atoms. The molecular formula is C9H14N4O. The van der Waals surface area contributed by atoms with E-state index in [-0.39, 0.29) is 5.91 Å². The lowest BCUT2D eigenvalue weighted by Gasteiger charge is -2.27. The summed E-state index contributed by atoms with van der Waals surface area (Å²) in [6, 6.07) is 0.305. The molecule has 2 rings (SSSR count). The van der Waals surface area contributed by atoms with Crippen LogP contribution >= 0.6 is 0 Å². The van der Waals surface area contributed by atoms with Crippen molar-refractivity contribution in [2.24, 2.45) is 0 Å². The van der Waals surface area contributed by atoms with Crippen molar-refractivity contribution in [1.29, 1.82) is 0 Å². The molecule has 2 N–H and O–H groups in total. The second kappa shape index (κ2) is 3.79. The van der Waals surface area contributed by atoms with Crippen molar-refractivity contribution in [3.8, 4) is 0 Å². The summed E-state index contributed by atoms with van der Waals surface area (Å²) in [6.45, 7) is 4.02. The van der Waals surface area contributed by atoms with E-state index in [0.29, 0.717) is 12.6 Å². The van der Waals surface area contributed by atoms with E-state index in [4.69, 9.17) is 0 Å². The highest BCUT2D eigenvalue weighted by Gasteiger charge is 2.18. The van der Waals surface area contributed by atoms with Crippen LogP contribution < -0.4 is 10.6 Å². The van der Waals surface area contributed by atoms with Crippen LogP contribution in [-0.4, -0.2) is 34.8 Å². The number of aromatic nitrogens is 2. The predicted octanol–water partition coefficient (Wildman–Crippen LogP) is -0.720. The van der Waals surface area contributed by atoms with Crippen LogP contribution in [0.4, 0.5) is 0 Å². The minimum atomic E-state index is 0.0274. The fourth-order valence-corrected chi connectivity index (χ4v) is 1.36. The molecule has 0 saturated carbocycles. The van der Waals surface area contributed by atoms with Crippen LogP contribution in [0.2, 0.25) is 0 Å². The largest absolute Gasteiger partial charge is 0.349 e. The zero-order valence-corrected chi connectivity index (χ0v) is 8.16. The van der Waals surface area contributed by atoms with Gasteiger partial charge in [0.15, 0.2) is 0 Å². The molecule has 1 aromatic rings. The Kier molecular flexibility index (Phi) is 2.49. The van der Waals surface area contributed by atoms with Crippen LogP contribution in [0.3, 0.4) is 0 Å². The Morgan fingerprint density at radius 2 is 2.57 bits per heavy atom. The maximum Gasteiger partial charge on any atom is 0.242 e. The molecule has 1 aromatic heterocycles. The summed E-state index contributed by atoms with van der Waals surface area (Å²) in [5, 5.41) is 10.1. The third-order valence-electron chi connectivity index (χ3n) is 2.21. The first-order valence-corrected chi connectivity index (χ1v) is 4.73. The van der Waals surface area contributed by atoms with Crippen molar-refractivity contribution >= 4 is 5.91 Å². The summed E-state index contributed by atoms with van der Waals surface area (Å²) >= 11 is 0. The molecular weight excluding hydrogens is 180 g/mol. The number of aryl methyl sites for hydroxylation is 1. The maximum absolute atomic E-state index is 11.4. The van der Waals surface area contributed by atoms with E-state index in [1.54, 1.807) is 10.9 Å². The predicted molar refractivity (Wildman–Crippen MR) is 51.8 cm³/mol. The van der Waals surface area contributed by atoms with Gasteiger partial charge >= 0.3 is 0 Å². The molecule has 1 aliphatic heterocycles. The van der Waals surface area contributed by atoms with Crippen LogP contribution in [0.1, 0.15) is 5.56 Å². The highest BCUT2D eigenvalue weighted by Crippen LogP contribution is 1.95. The van der Waals surface area contributed by atoms with Crippen molar-refractivity contribution in [3.63, 3.8) is 0 Å². The highest BCUT2D eigenvalue weighted by atomic mass is 16.2. The normalized spacial score (nSPS) is 16.4. The number of carbonyl (C=O) groups excluding carboxylic acids is 1. The van der Waals surface area contributed by atoms with Crippen LogP contribution in [0, 0.1) is 6.92 Å². The molecule has 0 radical (unpaired) electrons. The zero-order chi connectivity index (χ0) is 9.97. The van der Waals surface area contributed by atoms with Crippen LogP contribution in [-0.2, 0) is 11.3 Å². The third-order valence-corrected chi connectivity index (χ3v) is 2.21. The Morgan fingerprint density at radius 1 is 1.79 bits per heavy atom. The van der Waals surface area contributed by atoms with Gasteiger partial charge < -0.3 is 10.6 Å². The molecule has 1 fully saturated rings. The van der Waals surface area contributed by atoms with Gasteiger partial charge in [0.1, 0.15) is 6.54 Å². The molecule has 0 atom stereocenters. The molecule has 0 aromatic carbocycles. The van der Waals surface area contributed by atoms with Crippen molar-refractivity contribution in [3.05, 3.63) is 18.0 Å². The molecule has 5 nitrogen and oxygen atoms in total. The first-order chi connectivity index (χ1) is 6.74. The lowest BCUT2D eigenvalue weighted by molar-refractivity contribution is -0.122. The molecule has 0 aliphatic carbocycles. The number of rotatable bonds is 3. The summed E-state index contributed by atoms with van der Waals surface area (Å²) < 4.78 is 1.65. The van der Waals surface area contributed by atoms with Gasteiger partial charge in [-0.3, -0.25) is 9.48 Å². The van der Waals surface area contributed by atoms with E-state index in [9.17, 15) is 4.79 Å². The molecule has 14 heavy (non-hydrogen) atoms. The smallest absolute Gasteiger partial charge is 0.242 e. The number of hydrogen-bond acceptors (Lipinski definition) is 3. The fourth-order valence-electron chi connectivity index (χ4n) is 1.36. The lowest BCUT2D eigenvalue weighted by atomic mass is 10.2. The van der Waals surface area contributed by atoms with Crippen LogP contribution in [0.15, 0.2) is 12.4 Å². The van der Waals surface area contributed by atoms with E-state index in [2.05, 4.69) is 15.7 Å². The fraction of sp³-hybridized carbons (Fsp3) is 0.556. The second-order valence-corrected chi connectivity index (χ2v) is 3.64. The average molecular weight is 194 g/mol. The van der Waals surface area contributed by atoms with Crippen LogP contribution in [0.25, 0.3) is 0 Å². The maximum atomic E-state index is 11.4. The van der Waals surface area contributed by atoms with E-state index >= 15 is 0 Å². The Balaban J connectivity index is 1.81. The Morgan fingerprint density at radius 3 is 3.07 bits per heavy atom. The van der Waals surface area contributed by atoms with E-state index in [1.807, 2.05) is 13.1 Å². The molecule has 0 unspecified atom stereocenters. The van der Waals surface area contributed by atoms with Crippen molar-refractivity contribution in [1.82, 2.24) is 20.4 Å². The topological polar surface area (TPSA) is 59.0 Å². The van der Waals surface area contributed by atoms with Gasteiger partial charge in [-0.2, -0.15) is 5.10 Å². The van der Waals surface area contributed by atoms with Gasteiger partial charge in [0.2, 0.25) is 5.91 Å². The van der Waals surface area contributed by atoms with Crippen LogP contribution in [0.5, 0.6) is 0 Å². The number of amides is 1. The zero-order valence-electron chi connectivity index (χ0n) is 8.16. The summed E-state index contributed by atoms with van der Waals surface area (Å²) in [5.74, 6) is 0.0274. The summed E-state index contributed by atoms with van der Waals surface area (Å²) in [5.41, 5.74) is 1.07. The first kappa shape index (κ1) is 9.21. The van der Waals surface area contributed by atoms with Gasteiger partial charge in [0.05, 0.1) is 12.2 Å². The highest BCUT2D eigenvalue weighted by molar-refractivity contribution is 5.76. The van der Waals surface area contributed by atoms with Gasteiger partial charge in [0.25, 0.3) is 0 Å². The van der Waals surface area contributed by atoms with Gasteiger partial charge in [-0.05, 0) is 12.5 Å². The Bertz CT molecular complexity index is 329. The monoisotopic (exact) mass is 194 g/mol. The molecule has 0 spiro atoms. The minimum absolute atomic E-state index is 0.0274. The minimum Gasteiger partial charge on any atom is -0.349 e. The van der Waals surface area contributed by atoms with Gasteiger partial charge in [0, 0.05) is 19.3 Å². The van der Waals surface area contributed by atoms with E-state index < -0.39 is 0 Å². The number of nitrogens with zero attached hydrogens (tertiary/aromatic N) is 2. The van der Waals surface area contributed by atoms with Gasteiger partial charge in [-0.1, -0.05) is 0 Å². The lowest BCUT2D eigenvalue weighted by Crippen LogP contribution is -2.57. The quantitative estimate of drug-likeness (QED) is 0.667. The Labute approximate surface area is 82.5 Å². The third kappa shape index (κ3) is 2.11.